The molecule has 6 N–H and O–H groups in total. The third-order valence-corrected chi connectivity index (χ3v) is 3.69. The number of hydrogen-bond acceptors (Lipinski definition) is 2. The fourth-order valence-corrected chi connectivity index (χ4v) is 1.98. The summed E-state index contributed by atoms with van der Waals surface area (Å²) in [6.07, 6.45) is 8.84. The van der Waals surface area contributed by atoms with Crippen LogP contribution < -0.4 is 27.0 Å². The first-order valence-electron chi connectivity index (χ1n) is 10.0. The van der Waals surface area contributed by atoms with E-state index in [0.29, 0.717) is 5.46 Å². The lowest BCUT2D eigenvalue weighted by molar-refractivity contribution is -0.367. The molecule has 1 aromatic carbocycles. The second kappa shape index (κ2) is 19.4. The average molecular weight is 352 g/mol. The van der Waals surface area contributed by atoms with Crippen LogP contribution in [0.2, 0.25) is 0 Å². The smallest absolute Gasteiger partial charge is 0.0737 e. The maximum Gasteiger partial charge on any atom is 0.0737 e. The molecule has 0 amide bonds. The van der Waals surface area contributed by atoms with Crippen molar-refractivity contribution in [2.75, 3.05) is 13.1 Å². The summed E-state index contributed by atoms with van der Waals surface area (Å²) < 4.78 is 0. The predicted octanol–water partition coefficient (Wildman–Crippen LogP) is 0.0642. The van der Waals surface area contributed by atoms with Gasteiger partial charge in [-0.05, 0) is 49.7 Å². The molecule has 0 atom stereocenters. The van der Waals surface area contributed by atoms with Gasteiger partial charge in [0.15, 0.2) is 0 Å². The van der Waals surface area contributed by atoms with E-state index < -0.39 is 7.12 Å². The first-order chi connectivity index (χ1) is 12.0. The minimum atomic E-state index is -1.85. The van der Waals surface area contributed by atoms with Gasteiger partial charge in [-0.3, -0.25) is 0 Å². The number of rotatable bonds is 9. The van der Waals surface area contributed by atoms with Gasteiger partial charge in [-0.25, -0.2) is 0 Å². The zero-order valence-electron chi connectivity index (χ0n) is 17.1. The summed E-state index contributed by atoms with van der Waals surface area (Å²) in [5, 5.41) is 22.1. The van der Waals surface area contributed by atoms with Crippen LogP contribution in [0, 0.1) is 0 Å². The van der Waals surface area contributed by atoms with E-state index in [4.69, 9.17) is 0 Å². The Labute approximate surface area is 156 Å². The molecule has 0 unspecified atom stereocenters. The molecule has 0 fully saturated rings. The Hall–Kier alpha value is -0.875. The number of benzene rings is 1. The Morgan fingerprint density at radius 1 is 0.720 bits per heavy atom. The van der Waals surface area contributed by atoms with E-state index in [9.17, 15) is 10.0 Å². The Kier molecular flexibility index (Phi) is 20.5. The fraction of sp³-hybridized carbons (Fsp3) is 0.700. The molecule has 0 saturated heterocycles. The van der Waals surface area contributed by atoms with E-state index in [0.717, 1.165) is 62.7 Å². The number of unbranched alkanes of at least 4 members (excludes halogenated alkanes) is 2. The molecule has 0 heterocycles. The van der Waals surface area contributed by atoms with Crippen LogP contribution in [0.15, 0.2) is 18.2 Å². The van der Waals surface area contributed by atoms with Crippen LogP contribution in [0.5, 0.6) is 0 Å². The van der Waals surface area contributed by atoms with Gasteiger partial charge in [0, 0.05) is 0 Å². The molecule has 0 aliphatic carbocycles. The van der Waals surface area contributed by atoms with Crippen molar-refractivity contribution < 1.29 is 21.5 Å². The van der Waals surface area contributed by atoms with Crippen molar-refractivity contribution in [3.05, 3.63) is 29.3 Å². The molecular weight excluding hydrogens is 311 g/mol. The molecule has 0 saturated carbocycles. The molecule has 5 heteroatoms. The van der Waals surface area contributed by atoms with Crippen molar-refractivity contribution in [3.8, 4) is 0 Å². The zero-order valence-corrected chi connectivity index (χ0v) is 17.1. The minimum absolute atomic E-state index is 0.407. The van der Waals surface area contributed by atoms with Crippen molar-refractivity contribution in [2.24, 2.45) is 0 Å². The Morgan fingerprint density at radius 2 is 1.08 bits per heavy atom. The molecule has 1 rings (SSSR count). The highest BCUT2D eigenvalue weighted by atomic mass is 16.4. The first-order valence-corrected chi connectivity index (χ1v) is 10.0. The monoisotopic (exact) mass is 352 g/mol. The summed E-state index contributed by atoms with van der Waals surface area (Å²) in [5.41, 5.74) is 9.91. The van der Waals surface area contributed by atoms with E-state index >= 15 is 0 Å². The first kappa shape index (κ1) is 26.4. The van der Waals surface area contributed by atoms with Gasteiger partial charge in [0.2, 0.25) is 0 Å². The van der Waals surface area contributed by atoms with E-state index in [1.165, 1.54) is 12.8 Å². The van der Waals surface area contributed by atoms with Crippen molar-refractivity contribution in [1.82, 2.24) is 0 Å². The Balaban J connectivity index is 0. The number of quaternary nitrogens is 2. The summed E-state index contributed by atoms with van der Waals surface area (Å²) in [6.45, 7) is 10.7. The molecule has 1 aromatic rings. The maximum atomic E-state index is 11.0. The van der Waals surface area contributed by atoms with E-state index in [-0.39, 0.29) is 0 Å². The highest BCUT2D eigenvalue weighted by molar-refractivity contribution is 6.55. The van der Waals surface area contributed by atoms with Crippen molar-refractivity contribution in [1.29, 1.82) is 0 Å². The predicted molar refractivity (Wildman–Crippen MR) is 105 cm³/mol. The summed E-state index contributed by atoms with van der Waals surface area (Å²) in [6, 6.07) is 5.72. The van der Waals surface area contributed by atoms with Crippen molar-refractivity contribution in [3.63, 3.8) is 0 Å². The van der Waals surface area contributed by atoms with Gasteiger partial charge in [0.05, 0.1) is 13.1 Å². The Bertz CT molecular complexity index is 367. The molecule has 25 heavy (non-hydrogen) atoms. The Morgan fingerprint density at radius 3 is 1.32 bits per heavy atom. The minimum Gasteiger partial charge on any atom is -0.889 e. The lowest BCUT2D eigenvalue weighted by atomic mass is 9.78. The van der Waals surface area contributed by atoms with Gasteiger partial charge in [-0.15, -0.1) is 5.46 Å². The van der Waals surface area contributed by atoms with Crippen molar-refractivity contribution >= 4 is 12.6 Å². The molecular formula is C20H41BN2O2. The molecule has 0 radical (unpaired) electrons. The fourth-order valence-electron chi connectivity index (χ4n) is 1.98. The van der Waals surface area contributed by atoms with E-state index in [1.54, 1.807) is 12.1 Å². The van der Waals surface area contributed by atoms with Crippen LogP contribution in [-0.2, 0) is 12.8 Å². The topological polar surface area (TPSA) is 101 Å². The normalized spacial score (nSPS) is 9.60. The summed E-state index contributed by atoms with van der Waals surface area (Å²) in [4.78, 5) is 0. The zero-order chi connectivity index (χ0) is 19.5. The van der Waals surface area contributed by atoms with Crippen LogP contribution >= 0.6 is 0 Å². The standard InChI is InChI=1S/C14H21BO2.2C3H9N/c1-3-5-7-12-9-13(8-6-4-2)11-14(10-12)15(16)17;2*1-2-3-4/h9-11H,3-8H2,1-2H3;2*2-4H2,1H3/q-2;;/p+2. The van der Waals surface area contributed by atoms with Crippen molar-refractivity contribution in [2.45, 2.75) is 79.1 Å². The second-order valence-electron chi connectivity index (χ2n) is 6.33. The van der Waals surface area contributed by atoms with E-state index in [1.807, 2.05) is 0 Å². The average Bonchev–Trinajstić information content (AvgIpc) is 2.64. The number of aryl methyl sites for hydroxylation is 2. The lowest BCUT2D eigenvalue weighted by Crippen LogP contribution is -2.55. The third kappa shape index (κ3) is 16.3. The SMILES string of the molecule is CCCCc1cc(CCCC)cc(B([O-])[O-])c1.CCC[NH3+].CCC[NH3+]. The van der Waals surface area contributed by atoms with Crippen LogP contribution in [0.4, 0.5) is 0 Å². The van der Waals surface area contributed by atoms with Gasteiger partial charge in [-0.1, -0.05) is 65.9 Å². The molecule has 0 aliphatic heterocycles. The highest BCUT2D eigenvalue weighted by Gasteiger charge is 2.00. The lowest BCUT2D eigenvalue weighted by Gasteiger charge is -2.28. The molecule has 146 valence electrons. The quantitative estimate of drug-likeness (QED) is 0.614. The third-order valence-electron chi connectivity index (χ3n) is 3.69. The molecule has 0 aliphatic rings. The van der Waals surface area contributed by atoms with Crippen LogP contribution in [-0.4, -0.2) is 20.2 Å². The summed E-state index contributed by atoms with van der Waals surface area (Å²) >= 11 is 0. The van der Waals surface area contributed by atoms with Gasteiger partial charge < -0.3 is 21.5 Å². The van der Waals surface area contributed by atoms with Crippen LogP contribution in [0.1, 0.15) is 77.3 Å². The van der Waals surface area contributed by atoms with Crippen LogP contribution in [0.3, 0.4) is 0 Å². The second-order valence-corrected chi connectivity index (χ2v) is 6.33. The molecule has 4 nitrogen and oxygen atoms in total. The highest BCUT2D eigenvalue weighted by Crippen LogP contribution is 2.10. The largest absolute Gasteiger partial charge is 0.889 e. The number of hydrogen-bond donors (Lipinski definition) is 2. The van der Waals surface area contributed by atoms with Gasteiger partial charge in [0.1, 0.15) is 0 Å². The van der Waals surface area contributed by atoms with E-state index in [2.05, 4.69) is 45.2 Å². The van der Waals surface area contributed by atoms with Gasteiger partial charge >= 0.3 is 0 Å². The maximum absolute atomic E-state index is 11.0. The summed E-state index contributed by atoms with van der Waals surface area (Å²) in [5.74, 6) is 0. The summed E-state index contributed by atoms with van der Waals surface area (Å²) in [7, 11) is -1.85. The molecule has 0 bridgehead atoms. The van der Waals surface area contributed by atoms with Gasteiger partial charge in [-0.2, -0.15) is 0 Å². The van der Waals surface area contributed by atoms with Crippen LogP contribution in [0.25, 0.3) is 0 Å². The van der Waals surface area contributed by atoms with Gasteiger partial charge in [0.25, 0.3) is 0 Å². The molecule has 0 aromatic heterocycles. The molecule has 0 spiro atoms.